The molecular formula is C6H4ClF3N2O. The SMILES string of the molecule is Nc1c(Cl)cc(C(F)(F)F)nc1O. The quantitative estimate of drug-likeness (QED) is 0.692. The van der Waals surface area contributed by atoms with Crippen molar-refractivity contribution in [1.82, 2.24) is 4.98 Å². The number of nitrogens with two attached hydrogens (primary N) is 1. The number of hydrogen-bond acceptors (Lipinski definition) is 3. The molecule has 0 amide bonds. The van der Waals surface area contributed by atoms with Crippen molar-refractivity contribution in [3.05, 3.63) is 16.8 Å². The summed E-state index contributed by atoms with van der Waals surface area (Å²) in [4.78, 5) is 2.83. The summed E-state index contributed by atoms with van der Waals surface area (Å²) in [5, 5.41) is 8.45. The average Bonchev–Trinajstić information content (AvgIpc) is 1.97. The molecule has 3 N–H and O–H groups in total. The molecule has 0 aliphatic rings. The molecule has 3 nitrogen and oxygen atoms in total. The Morgan fingerprint density at radius 1 is 1.46 bits per heavy atom. The Hall–Kier alpha value is -1.17. The lowest BCUT2D eigenvalue weighted by Gasteiger charge is -2.07. The van der Waals surface area contributed by atoms with Gasteiger partial charge in [0.05, 0.1) is 5.02 Å². The van der Waals surface area contributed by atoms with Crippen molar-refractivity contribution in [2.75, 3.05) is 5.73 Å². The Morgan fingerprint density at radius 2 is 2.00 bits per heavy atom. The third kappa shape index (κ3) is 1.95. The Balaban J connectivity index is 3.29. The predicted molar refractivity (Wildman–Crippen MR) is 40.3 cm³/mol. The van der Waals surface area contributed by atoms with Gasteiger partial charge < -0.3 is 10.8 Å². The molecule has 0 aromatic carbocycles. The minimum Gasteiger partial charge on any atom is -0.492 e. The molecule has 72 valence electrons. The van der Waals surface area contributed by atoms with Gasteiger partial charge >= 0.3 is 6.18 Å². The van der Waals surface area contributed by atoms with E-state index in [4.69, 9.17) is 22.4 Å². The summed E-state index contributed by atoms with van der Waals surface area (Å²) < 4.78 is 36.0. The molecule has 0 saturated carbocycles. The molecule has 0 saturated heterocycles. The number of pyridine rings is 1. The highest BCUT2D eigenvalue weighted by Crippen LogP contribution is 2.34. The zero-order valence-electron chi connectivity index (χ0n) is 6.06. The van der Waals surface area contributed by atoms with Crippen LogP contribution in [0.1, 0.15) is 5.69 Å². The van der Waals surface area contributed by atoms with Gasteiger partial charge in [-0.25, -0.2) is 4.98 Å². The van der Waals surface area contributed by atoms with Gasteiger partial charge in [-0.05, 0) is 6.07 Å². The maximum absolute atomic E-state index is 12.0. The summed E-state index contributed by atoms with van der Waals surface area (Å²) in [7, 11) is 0. The standard InChI is InChI=1S/C6H4ClF3N2O/c7-2-1-3(6(8,9)10)12-5(13)4(2)11/h1H,11H2,(H,12,13). The first-order valence-corrected chi connectivity index (χ1v) is 3.42. The van der Waals surface area contributed by atoms with Gasteiger partial charge in [0, 0.05) is 0 Å². The van der Waals surface area contributed by atoms with E-state index in [9.17, 15) is 13.2 Å². The van der Waals surface area contributed by atoms with Crippen molar-refractivity contribution >= 4 is 17.3 Å². The monoisotopic (exact) mass is 212 g/mol. The first-order chi connectivity index (χ1) is 5.82. The van der Waals surface area contributed by atoms with Gasteiger partial charge in [0.25, 0.3) is 0 Å². The highest BCUT2D eigenvalue weighted by Gasteiger charge is 2.33. The predicted octanol–water partition coefficient (Wildman–Crippen LogP) is 2.04. The lowest BCUT2D eigenvalue weighted by molar-refractivity contribution is -0.141. The van der Waals surface area contributed by atoms with Crippen LogP contribution in [0.25, 0.3) is 0 Å². The molecular weight excluding hydrogens is 209 g/mol. The fourth-order valence-electron chi connectivity index (χ4n) is 0.656. The number of nitrogen functional groups attached to an aromatic ring is 1. The van der Waals surface area contributed by atoms with Crippen LogP contribution in [0.15, 0.2) is 6.07 Å². The summed E-state index contributed by atoms with van der Waals surface area (Å²) in [6.07, 6.45) is -4.64. The normalized spacial score (nSPS) is 11.7. The average molecular weight is 213 g/mol. The largest absolute Gasteiger partial charge is 0.492 e. The summed E-state index contributed by atoms with van der Waals surface area (Å²) in [6, 6.07) is 0.552. The van der Waals surface area contributed by atoms with Crippen LogP contribution >= 0.6 is 11.6 Å². The minimum absolute atomic E-state index is 0.366. The van der Waals surface area contributed by atoms with Crippen LogP contribution in [0.5, 0.6) is 5.88 Å². The van der Waals surface area contributed by atoms with Crippen LogP contribution in [-0.2, 0) is 6.18 Å². The molecule has 0 aliphatic heterocycles. The van der Waals surface area contributed by atoms with Gasteiger partial charge in [0.15, 0.2) is 0 Å². The molecule has 1 aromatic rings. The van der Waals surface area contributed by atoms with Crippen LogP contribution in [0.2, 0.25) is 5.02 Å². The van der Waals surface area contributed by atoms with Crippen molar-refractivity contribution in [3.63, 3.8) is 0 Å². The zero-order chi connectivity index (χ0) is 10.2. The molecule has 0 fully saturated rings. The van der Waals surface area contributed by atoms with Gasteiger partial charge in [-0.15, -0.1) is 0 Å². The molecule has 13 heavy (non-hydrogen) atoms. The number of aromatic hydroxyl groups is 1. The lowest BCUT2D eigenvalue weighted by atomic mass is 10.3. The fraction of sp³-hybridized carbons (Fsp3) is 0.167. The minimum atomic E-state index is -4.64. The third-order valence-corrected chi connectivity index (χ3v) is 1.59. The second-order valence-electron chi connectivity index (χ2n) is 2.22. The number of anilines is 1. The van der Waals surface area contributed by atoms with E-state index in [0.29, 0.717) is 6.07 Å². The van der Waals surface area contributed by atoms with E-state index in [1.807, 2.05) is 0 Å². The highest BCUT2D eigenvalue weighted by atomic mass is 35.5. The van der Waals surface area contributed by atoms with Crippen LogP contribution in [-0.4, -0.2) is 10.1 Å². The van der Waals surface area contributed by atoms with Crippen LogP contribution < -0.4 is 5.73 Å². The van der Waals surface area contributed by atoms with Crippen molar-refractivity contribution in [2.45, 2.75) is 6.18 Å². The van der Waals surface area contributed by atoms with Crippen molar-refractivity contribution in [1.29, 1.82) is 0 Å². The Bertz CT molecular complexity index is 316. The van der Waals surface area contributed by atoms with E-state index in [-0.39, 0.29) is 10.7 Å². The molecule has 0 radical (unpaired) electrons. The Labute approximate surface area is 75.9 Å². The summed E-state index contributed by atoms with van der Waals surface area (Å²) in [5.41, 5.74) is 3.44. The number of hydrogen-bond donors (Lipinski definition) is 2. The second-order valence-corrected chi connectivity index (χ2v) is 2.63. The first kappa shape index (κ1) is 9.91. The zero-order valence-corrected chi connectivity index (χ0v) is 6.82. The lowest BCUT2D eigenvalue weighted by Crippen LogP contribution is -2.08. The van der Waals surface area contributed by atoms with Gasteiger partial charge in [-0.1, -0.05) is 11.6 Å². The van der Waals surface area contributed by atoms with E-state index >= 15 is 0 Å². The van der Waals surface area contributed by atoms with Gasteiger partial charge in [0.1, 0.15) is 11.4 Å². The summed E-state index contributed by atoms with van der Waals surface area (Å²) in [6.45, 7) is 0. The van der Waals surface area contributed by atoms with Gasteiger partial charge in [-0.3, -0.25) is 0 Å². The van der Waals surface area contributed by atoms with Crippen molar-refractivity contribution in [3.8, 4) is 5.88 Å². The summed E-state index contributed by atoms with van der Waals surface area (Å²) in [5.74, 6) is -0.917. The molecule has 0 spiro atoms. The molecule has 7 heteroatoms. The maximum Gasteiger partial charge on any atom is 0.433 e. The maximum atomic E-state index is 12.0. The van der Waals surface area contributed by atoms with Crippen LogP contribution in [0.4, 0.5) is 18.9 Å². The van der Waals surface area contributed by atoms with Crippen LogP contribution in [0.3, 0.4) is 0 Å². The van der Waals surface area contributed by atoms with E-state index in [2.05, 4.69) is 4.98 Å². The summed E-state index contributed by atoms with van der Waals surface area (Å²) >= 11 is 5.30. The molecule has 1 aromatic heterocycles. The van der Waals surface area contributed by atoms with E-state index in [0.717, 1.165) is 0 Å². The first-order valence-electron chi connectivity index (χ1n) is 3.04. The smallest absolute Gasteiger partial charge is 0.433 e. The van der Waals surface area contributed by atoms with Gasteiger partial charge in [-0.2, -0.15) is 13.2 Å². The molecule has 0 atom stereocenters. The third-order valence-electron chi connectivity index (χ3n) is 1.28. The van der Waals surface area contributed by atoms with E-state index < -0.39 is 17.8 Å². The Kier molecular flexibility index (Phi) is 2.25. The molecule has 1 rings (SSSR count). The molecule has 1 heterocycles. The van der Waals surface area contributed by atoms with Gasteiger partial charge in [0.2, 0.25) is 5.88 Å². The molecule has 0 unspecified atom stereocenters. The fourth-order valence-corrected chi connectivity index (χ4v) is 0.844. The van der Waals surface area contributed by atoms with Crippen molar-refractivity contribution in [2.24, 2.45) is 0 Å². The Morgan fingerprint density at radius 3 is 2.38 bits per heavy atom. The number of nitrogens with zero attached hydrogens (tertiary/aromatic N) is 1. The highest BCUT2D eigenvalue weighted by molar-refractivity contribution is 6.33. The molecule has 0 bridgehead atoms. The molecule has 0 aliphatic carbocycles. The van der Waals surface area contributed by atoms with Crippen molar-refractivity contribution < 1.29 is 18.3 Å². The number of rotatable bonds is 0. The van der Waals surface area contributed by atoms with E-state index in [1.54, 1.807) is 0 Å². The van der Waals surface area contributed by atoms with Crippen LogP contribution in [0, 0.1) is 0 Å². The number of aromatic nitrogens is 1. The topological polar surface area (TPSA) is 59.1 Å². The van der Waals surface area contributed by atoms with E-state index in [1.165, 1.54) is 0 Å². The number of alkyl halides is 3. The second kappa shape index (κ2) is 2.95. The number of halogens is 4.